The van der Waals surface area contributed by atoms with Crippen molar-refractivity contribution in [2.75, 3.05) is 24.6 Å². The Labute approximate surface area is 169 Å². The standard InChI is InChI=1S/C20H20F2N4O4/c1-2-5-30-24-15-9-25(8-14(15)23)18-13(21)6-11-17(16(18)22)26(10-3-4-10)7-12(19(11)27)20(28)29/h2,6-7,10,14H,1,3-5,8-9,23H2,(H,28,29)/b24-15+. The largest absolute Gasteiger partial charge is 0.477 e. The molecule has 0 spiro atoms. The van der Waals surface area contributed by atoms with Gasteiger partial charge in [-0.15, -0.1) is 0 Å². The van der Waals surface area contributed by atoms with Crippen molar-refractivity contribution in [3.05, 3.63) is 52.3 Å². The molecule has 2 aliphatic rings. The van der Waals surface area contributed by atoms with E-state index in [1.165, 1.54) is 15.5 Å². The zero-order valence-corrected chi connectivity index (χ0v) is 16.0. The highest BCUT2D eigenvalue weighted by atomic mass is 19.1. The molecule has 30 heavy (non-hydrogen) atoms. The van der Waals surface area contributed by atoms with Gasteiger partial charge in [0.2, 0.25) is 5.43 Å². The maximum absolute atomic E-state index is 15.6. The summed E-state index contributed by atoms with van der Waals surface area (Å²) in [6.07, 6.45) is 4.08. The van der Waals surface area contributed by atoms with Crippen molar-refractivity contribution in [2.24, 2.45) is 10.9 Å². The monoisotopic (exact) mass is 418 g/mol. The Kier molecular flexibility index (Phi) is 5.02. The quantitative estimate of drug-likeness (QED) is 0.422. The van der Waals surface area contributed by atoms with Crippen molar-refractivity contribution in [2.45, 2.75) is 24.9 Å². The second-order valence-corrected chi connectivity index (χ2v) is 7.39. The normalized spacial score (nSPS) is 20.2. The van der Waals surface area contributed by atoms with Crippen LogP contribution in [0.2, 0.25) is 0 Å². The molecule has 2 heterocycles. The van der Waals surface area contributed by atoms with Gasteiger partial charge >= 0.3 is 5.97 Å². The Bertz CT molecular complexity index is 1140. The van der Waals surface area contributed by atoms with E-state index >= 15 is 4.39 Å². The molecule has 0 radical (unpaired) electrons. The number of nitrogens with zero attached hydrogens (tertiary/aromatic N) is 3. The third-order valence-corrected chi connectivity index (χ3v) is 5.24. The van der Waals surface area contributed by atoms with Crippen LogP contribution in [0.25, 0.3) is 10.9 Å². The zero-order chi connectivity index (χ0) is 21.6. The third-order valence-electron chi connectivity index (χ3n) is 5.24. The average Bonchev–Trinajstić information content (AvgIpc) is 3.47. The van der Waals surface area contributed by atoms with Gasteiger partial charge in [0.1, 0.15) is 23.7 Å². The van der Waals surface area contributed by atoms with Gasteiger partial charge in [0.25, 0.3) is 0 Å². The number of oxime groups is 1. The molecule has 3 N–H and O–H groups in total. The number of halogens is 2. The fourth-order valence-electron chi connectivity index (χ4n) is 3.67. The van der Waals surface area contributed by atoms with Gasteiger partial charge in [0, 0.05) is 18.8 Å². The van der Waals surface area contributed by atoms with E-state index in [4.69, 9.17) is 10.6 Å². The van der Waals surface area contributed by atoms with E-state index in [9.17, 15) is 19.1 Å². The molecule has 2 aromatic rings. The van der Waals surface area contributed by atoms with E-state index in [2.05, 4.69) is 11.7 Å². The lowest BCUT2D eigenvalue weighted by Crippen LogP contribution is -2.30. The maximum atomic E-state index is 15.6. The summed E-state index contributed by atoms with van der Waals surface area (Å²) in [4.78, 5) is 30.4. The van der Waals surface area contributed by atoms with Crippen LogP contribution in [0.15, 0.2) is 34.9 Å². The minimum atomic E-state index is -1.44. The molecule has 0 amide bonds. The Morgan fingerprint density at radius 2 is 2.17 bits per heavy atom. The Morgan fingerprint density at radius 3 is 2.80 bits per heavy atom. The van der Waals surface area contributed by atoms with Crippen molar-refractivity contribution in [3.8, 4) is 0 Å². The lowest BCUT2D eigenvalue weighted by Gasteiger charge is -2.21. The molecule has 1 aliphatic heterocycles. The Morgan fingerprint density at radius 1 is 1.43 bits per heavy atom. The Hall–Kier alpha value is -3.27. The number of benzene rings is 1. The summed E-state index contributed by atoms with van der Waals surface area (Å²) in [6.45, 7) is 3.85. The first-order chi connectivity index (χ1) is 14.3. The fraction of sp³-hybridized carbons (Fsp3) is 0.350. The minimum absolute atomic E-state index is 0.0541. The fourth-order valence-corrected chi connectivity index (χ4v) is 3.67. The van der Waals surface area contributed by atoms with E-state index in [0.29, 0.717) is 5.71 Å². The predicted octanol–water partition coefficient (Wildman–Crippen LogP) is 2.02. The van der Waals surface area contributed by atoms with Crippen LogP contribution in [0, 0.1) is 11.6 Å². The number of pyridine rings is 1. The number of carboxylic acids is 1. The van der Waals surface area contributed by atoms with Gasteiger partial charge in [-0.25, -0.2) is 13.6 Å². The van der Waals surface area contributed by atoms with Gasteiger partial charge in [-0.2, -0.15) is 0 Å². The van der Waals surface area contributed by atoms with Crippen LogP contribution in [0.5, 0.6) is 0 Å². The summed E-state index contributed by atoms with van der Waals surface area (Å²) >= 11 is 0. The first-order valence-electron chi connectivity index (χ1n) is 9.43. The first-order valence-corrected chi connectivity index (χ1v) is 9.43. The van der Waals surface area contributed by atoms with E-state index in [1.54, 1.807) is 0 Å². The highest BCUT2D eigenvalue weighted by Gasteiger charge is 2.34. The molecule has 1 saturated heterocycles. The molecular formula is C20H20F2N4O4. The zero-order valence-electron chi connectivity index (χ0n) is 16.0. The molecular weight excluding hydrogens is 398 g/mol. The number of carboxylic acid groups (broad SMARTS) is 1. The van der Waals surface area contributed by atoms with Gasteiger partial charge in [-0.05, 0) is 18.9 Å². The number of carbonyl (C=O) groups is 1. The molecule has 0 bridgehead atoms. The lowest BCUT2D eigenvalue weighted by molar-refractivity contribution is 0.0694. The number of rotatable bonds is 6. The number of fused-ring (bicyclic) bond motifs is 1. The molecule has 158 valence electrons. The van der Waals surface area contributed by atoms with Crippen LogP contribution in [0.4, 0.5) is 14.5 Å². The number of nitrogens with two attached hydrogens (primary N) is 1. The second-order valence-electron chi connectivity index (χ2n) is 7.39. The molecule has 4 rings (SSSR count). The number of hydrogen-bond acceptors (Lipinski definition) is 6. The summed E-state index contributed by atoms with van der Waals surface area (Å²) < 4.78 is 32.0. The van der Waals surface area contributed by atoms with Gasteiger partial charge in [-0.1, -0.05) is 17.8 Å². The van der Waals surface area contributed by atoms with Crippen molar-refractivity contribution in [1.82, 2.24) is 4.57 Å². The van der Waals surface area contributed by atoms with Gasteiger partial charge in [0.05, 0.1) is 29.2 Å². The number of aromatic nitrogens is 1. The topological polar surface area (TPSA) is 110 Å². The second kappa shape index (κ2) is 7.52. The number of aromatic carboxylic acids is 1. The van der Waals surface area contributed by atoms with Crippen LogP contribution in [0.3, 0.4) is 0 Å². The van der Waals surface area contributed by atoms with E-state index < -0.39 is 34.6 Å². The number of anilines is 1. The van der Waals surface area contributed by atoms with E-state index in [-0.39, 0.29) is 42.3 Å². The lowest BCUT2D eigenvalue weighted by atomic mass is 10.1. The molecule has 1 saturated carbocycles. The highest BCUT2D eigenvalue weighted by Crippen LogP contribution is 2.39. The summed E-state index contributed by atoms with van der Waals surface area (Å²) in [5.74, 6) is -3.33. The number of hydrogen-bond donors (Lipinski definition) is 2. The molecule has 1 unspecified atom stereocenters. The van der Waals surface area contributed by atoms with Gasteiger partial charge in [0.15, 0.2) is 5.82 Å². The molecule has 10 heteroatoms. The van der Waals surface area contributed by atoms with E-state index in [1.807, 2.05) is 0 Å². The Balaban J connectivity index is 1.85. The average molecular weight is 418 g/mol. The van der Waals surface area contributed by atoms with Crippen LogP contribution in [-0.4, -0.2) is 47.1 Å². The molecule has 1 aromatic carbocycles. The van der Waals surface area contributed by atoms with Crippen molar-refractivity contribution in [1.29, 1.82) is 0 Å². The van der Waals surface area contributed by atoms with Crippen molar-refractivity contribution >= 4 is 28.3 Å². The van der Waals surface area contributed by atoms with Crippen LogP contribution in [0.1, 0.15) is 29.2 Å². The van der Waals surface area contributed by atoms with Crippen LogP contribution >= 0.6 is 0 Å². The molecule has 1 aromatic heterocycles. The SMILES string of the molecule is C=CCO/N=C1\CN(c2c(F)cc3c(=O)c(C(=O)O)cn(C4CC4)c3c2F)CC1N. The summed E-state index contributed by atoms with van der Waals surface area (Å²) in [5, 5.41) is 12.9. The molecule has 1 atom stereocenters. The highest BCUT2D eigenvalue weighted by molar-refractivity contribution is 5.98. The smallest absolute Gasteiger partial charge is 0.341 e. The first kappa shape index (κ1) is 20.0. The third kappa shape index (κ3) is 3.32. The summed E-state index contributed by atoms with van der Waals surface area (Å²) in [7, 11) is 0. The minimum Gasteiger partial charge on any atom is -0.477 e. The van der Waals surface area contributed by atoms with Crippen LogP contribution < -0.4 is 16.1 Å². The van der Waals surface area contributed by atoms with Crippen LogP contribution in [-0.2, 0) is 4.84 Å². The predicted molar refractivity (Wildman–Crippen MR) is 107 cm³/mol. The maximum Gasteiger partial charge on any atom is 0.341 e. The summed E-state index contributed by atoms with van der Waals surface area (Å²) in [6, 6.07) is 0.185. The van der Waals surface area contributed by atoms with Crippen molar-refractivity contribution in [3.63, 3.8) is 0 Å². The van der Waals surface area contributed by atoms with Crippen molar-refractivity contribution < 1.29 is 23.5 Å². The van der Waals surface area contributed by atoms with Gasteiger partial charge in [-0.3, -0.25) is 4.79 Å². The summed E-state index contributed by atoms with van der Waals surface area (Å²) in [5.41, 5.74) is 4.58. The molecule has 2 fully saturated rings. The van der Waals surface area contributed by atoms with Gasteiger partial charge < -0.3 is 25.1 Å². The van der Waals surface area contributed by atoms with E-state index in [0.717, 1.165) is 25.1 Å². The molecule has 8 nitrogen and oxygen atoms in total. The molecule has 1 aliphatic carbocycles.